The fourth-order valence-corrected chi connectivity index (χ4v) is 3.96. The molecule has 0 saturated carbocycles. The summed E-state index contributed by atoms with van der Waals surface area (Å²) < 4.78 is 3.21. The van der Waals surface area contributed by atoms with Crippen molar-refractivity contribution in [3.63, 3.8) is 0 Å². The molecule has 0 bridgehead atoms. The number of aliphatic hydroxyl groups excluding tert-OH is 1. The maximum absolute atomic E-state index is 9.53. The van der Waals surface area contributed by atoms with Crippen molar-refractivity contribution in [1.29, 1.82) is 0 Å². The predicted molar refractivity (Wildman–Crippen MR) is 91.6 cm³/mol. The lowest BCUT2D eigenvalue weighted by Crippen LogP contribution is -2.01. The van der Waals surface area contributed by atoms with Crippen LogP contribution in [0.2, 0.25) is 0 Å². The van der Waals surface area contributed by atoms with Crippen molar-refractivity contribution in [2.24, 2.45) is 0 Å². The molecule has 2 aromatic rings. The first kappa shape index (κ1) is 16.6. The summed E-state index contributed by atoms with van der Waals surface area (Å²) in [7, 11) is 0. The van der Waals surface area contributed by atoms with Gasteiger partial charge in [0.1, 0.15) is 0 Å². The lowest BCUT2D eigenvalue weighted by atomic mass is 10.1. The van der Waals surface area contributed by atoms with Gasteiger partial charge < -0.3 is 5.11 Å². The topological polar surface area (TPSA) is 38.0 Å². The van der Waals surface area contributed by atoms with Crippen LogP contribution in [0.4, 0.5) is 0 Å². The fraction of sp³-hybridized carbons (Fsp3) is 0.438. The number of aliphatic hydroxyl groups is 1. The number of nitrogens with zero attached hydrogens (tertiary/aromatic N) is 2. The molecule has 0 aliphatic carbocycles. The SMILES string of the molecule is CCc1nn(CC)c(CSc2ccc(C(C)O)cc2)c1Br. The molecular formula is C16H21BrN2OS. The molecule has 21 heavy (non-hydrogen) atoms. The number of thioether (sulfide) groups is 1. The average molecular weight is 369 g/mol. The van der Waals surface area contributed by atoms with E-state index < -0.39 is 6.10 Å². The molecule has 0 aliphatic rings. The molecule has 0 aliphatic heterocycles. The molecule has 1 heterocycles. The van der Waals surface area contributed by atoms with E-state index in [-0.39, 0.29) is 0 Å². The lowest BCUT2D eigenvalue weighted by molar-refractivity contribution is 0.199. The Morgan fingerprint density at radius 3 is 2.48 bits per heavy atom. The van der Waals surface area contributed by atoms with E-state index in [1.165, 1.54) is 10.6 Å². The normalized spacial score (nSPS) is 12.6. The zero-order chi connectivity index (χ0) is 15.4. The summed E-state index contributed by atoms with van der Waals surface area (Å²) in [6.07, 6.45) is 0.528. The number of aryl methyl sites for hydroxylation is 2. The van der Waals surface area contributed by atoms with Crippen LogP contribution in [-0.2, 0) is 18.7 Å². The summed E-state index contributed by atoms with van der Waals surface area (Å²) in [4.78, 5) is 1.20. The maximum Gasteiger partial charge on any atom is 0.0767 e. The standard InChI is InChI=1S/C16H21BrN2OS/c1-4-14-16(17)15(19(5-2)18-14)10-21-13-8-6-12(7-9-13)11(3)20/h6-9,11,20H,4-5,10H2,1-3H3. The van der Waals surface area contributed by atoms with Gasteiger partial charge in [-0.2, -0.15) is 5.10 Å². The molecule has 1 aromatic heterocycles. The third-order valence-electron chi connectivity index (χ3n) is 3.43. The van der Waals surface area contributed by atoms with Crippen LogP contribution in [0.25, 0.3) is 0 Å². The molecule has 1 unspecified atom stereocenters. The van der Waals surface area contributed by atoms with Gasteiger partial charge in [0.15, 0.2) is 0 Å². The van der Waals surface area contributed by atoms with E-state index in [4.69, 9.17) is 0 Å². The van der Waals surface area contributed by atoms with Crippen molar-refractivity contribution < 1.29 is 5.11 Å². The molecule has 1 atom stereocenters. The van der Waals surface area contributed by atoms with Gasteiger partial charge in [-0.15, -0.1) is 11.8 Å². The number of aromatic nitrogens is 2. The van der Waals surface area contributed by atoms with Crippen LogP contribution < -0.4 is 0 Å². The lowest BCUT2D eigenvalue weighted by Gasteiger charge is -2.07. The molecule has 2 rings (SSSR count). The second-order valence-corrected chi connectivity index (χ2v) is 6.75. The molecule has 0 saturated heterocycles. The van der Waals surface area contributed by atoms with Crippen molar-refractivity contribution in [1.82, 2.24) is 9.78 Å². The molecule has 0 amide bonds. The molecule has 1 N–H and O–H groups in total. The van der Waals surface area contributed by atoms with Crippen molar-refractivity contribution in [2.45, 2.75) is 50.5 Å². The minimum Gasteiger partial charge on any atom is -0.389 e. The van der Waals surface area contributed by atoms with Crippen molar-refractivity contribution in [3.05, 3.63) is 45.7 Å². The minimum absolute atomic E-state index is 0.410. The van der Waals surface area contributed by atoms with Gasteiger partial charge in [0, 0.05) is 17.2 Å². The Labute approximate surface area is 138 Å². The van der Waals surface area contributed by atoms with Crippen LogP contribution in [-0.4, -0.2) is 14.9 Å². The van der Waals surface area contributed by atoms with Gasteiger partial charge in [-0.1, -0.05) is 19.1 Å². The average Bonchev–Trinajstić information content (AvgIpc) is 2.81. The van der Waals surface area contributed by atoms with Crippen LogP contribution >= 0.6 is 27.7 Å². The van der Waals surface area contributed by atoms with Gasteiger partial charge in [-0.25, -0.2) is 0 Å². The van der Waals surface area contributed by atoms with E-state index in [2.05, 4.69) is 51.7 Å². The van der Waals surface area contributed by atoms with Gasteiger partial charge in [-0.05, 0) is 53.9 Å². The minimum atomic E-state index is -0.410. The van der Waals surface area contributed by atoms with Crippen LogP contribution in [0.1, 0.15) is 43.8 Å². The zero-order valence-corrected chi connectivity index (χ0v) is 15.0. The molecule has 114 valence electrons. The first-order valence-corrected chi connectivity index (χ1v) is 8.99. The van der Waals surface area contributed by atoms with E-state index in [1.807, 2.05) is 12.1 Å². The highest BCUT2D eigenvalue weighted by Gasteiger charge is 2.14. The van der Waals surface area contributed by atoms with Crippen LogP contribution in [0, 0.1) is 0 Å². The molecule has 3 nitrogen and oxygen atoms in total. The Balaban J connectivity index is 2.10. The number of hydrogen-bond acceptors (Lipinski definition) is 3. The maximum atomic E-state index is 9.53. The molecule has 1 aromatic carbocycles. The Morgan fingerprint density at radius 2 is 1.95 bits per heavy atom. The Bertz CT molecular complexity index is 593. The van der Waals surface area contributed by atoms with Crippen molar-refractivity contribution in [3.8, 4) is 0 Å². The van der Waals surface area contributed by atoms with Crippen LogP contribution in [0.15, 0.2) is 33.6 Å². The number of hydrogen-bond donors (Lipinski definition) is 1. The summed E-state index contributed by atoms with van der Waals surface area (Å²) >= 11 is 5.47. The summed E-state index contributed by atoms with van der Waals surface area (Å²) in [5.41, 5.74) is 3.31. The Morgan fingerprint density at radius 1 is 1.29 bits per heavy atom. The molecule has 5 heteroatoms. The molecular weight excluding hydrogens is 348 g/mol. The molecule has 0 spiro atoms. The van der Waals surface area contributed by atoms with Gasteiger partial charge in [0.25, 0.3) is 0 Å². The first-order valence-electron chi connectivity index (χ1n) is 7.21. The second kappa shape index (κ2) is 7.47. The monoisotopic (exact) mass is 368 g/mol. The summed E-state index contributed by atoms with van der Waals surface area (Å²) in [6.45, 7) is 6.91. The van der Waals surface area contributed by atoms with Gasteiger partial charge in [0.2, 0.25) is 0 Å². The summed E-state index contributed by atoms with van der Waals surface area (Å²) in [5, 5.41) is 14.2. The highest BCUT2D eigenvalue weighted by molar-refractivity contribution is 9.10. The van der Waals surface area contributed by atoms with E-state index >= 15 is 0 Å². The van der Waals surface area contributed by atoms with Crippen LogP contribution in [0.5, 0.6) is 0 Å². The molecule has 0 radical (unpaired) electrons. The highest BCUT2D eigenvalue weighted by Crippen LogP contribution is 2.30. The van der Waals surface area contributed by atoms with Gasteiger partial charge in [0.05, 0.1) is 22.0 Å². The van der Waals surface area contributed by atoms with E-state index in [1.54, 1.807) is 18.7 Å². The quantitative estimate of drug-likeness (QED) is 0.758. The predicted octanol–water partition coefficient (Wildman–Crippen LogP) is 4.57. The van der Waals surface area contributed by atoms with E-state index in [0.29, 0.717) is 0 Å². The summed E-state index contributed by atoms with van der Waals surface area (Å²) in [6, 6.07) is 8.09. The summed E-state index contributed by atoms with van der Waals surface area (Å²) in [5.74, 6) is 0.884. The van der Waals surface area contributed by atoms with Gasteiger partial charge in [-0.3, -0.25) is 4.68 Å². The third kappa shape index (κ3) is 3.90. The number of halogens is 1. The Hall–Kier alpha value is -0.780. The fourth-order valence-electron chi connectivity index (χ4n) is 2.15. The van der Waals surface area contributed by atoms with Gasteiger partial charge >= 0.3 is 0 Å². The van der Waals surface area contributed by atoms with E-state index in [9.17, 15) is 5.11 Å². The largest absolute Gasteiger partial charge is 0.389 e. The first-order chi connectivity index (χ1) is 10.1. The van der Waals surface area contributed by atoms with Crippen molar-refractivity contribution in [2.75, 3.05) is 0 Å². The number of benzene rings is 1. The smallest absolute Gasteiger partial charge is 0.0767 e. The van der Waals surface area contributed by atoms with E-state index in [0.717, 1.165) is 34.4 Å². The van der Waals surface area contributed by atoms with Crippen molar-refractivity contribution >= 4 is 27.7 Å². The highest BCUT2D eigenvalue weighted by atomic mass is 79.9. The Kier molecular flexibility index (Phi) is 5.90. The number of rotatable bonds is 6. The second-order valence-electron chi connectivity index (χ2n) is 4.91. The van der Waals surface area contributed by atoms with Crippen LogP contribution in [0.3, 0.4) is 0 Å². The third-order valence-corrected chi connectivity index (χ3v) is 5.37. The molecule has 0 fully saturated rings. The zero-order valence-electron chi connectivity index (χ0n) is 12.6.